The van der Waals surface area contributed by atoms with Gasteiger partial charge < -0.3 is 29.9 Å². The number of rotatable bonds is 0. The van der Waals surface area contributed by atoms with Crippen LogP contribution in [0.25, 0.3) is 0 Å². The standard InChI is InChI=1S/C19H22O8/c1-9-3-2-4-12(21)17(24)13(22)5-6-15-18(27-15)11-7-10(20)8-14(23)16(11)19(25)26-9/h2,4,7-9,13,15,17-18,20,22-24H,3,5-6H2,1H3/b4-2-/t9-,13+,15?,17-,18?/m1/s1. The summed E-state index contributed by atoms with van der Waals surface area (Å²) < 4.78 is 10.8. The van der Waals surface area contributed by atoms with Crippen LogP contribution in [-0.2, 0) is 14.3 Å². The van der Waals surface area contributed by atoms with Gasteiger partial charge in [0, 0.05) is 18.1 Å². The molecule has 8 nitrogen and oxygen atoms in total. The lowest BCUT2D eigenvalue weighted by Gasteiger charge is -2.15. The number of phenols is 2. The number of aromatic hydroxyl groups is 2. The van der Waals surface area contributed by atoms with Gasteiger partial charge in [-0.1, -0.05) is 6.08 Å². The van der Waals surface area contributed by atoms with Crippen molar-refractivity contribution in [3.63, 3.8) is 0 Å². The maximum Gasteiger partial charge on any atom is 0.342 e. The average Bonchev–Trinajstić information content (AvgIpc) is 3.36. The summed E-state index contributed by atoms with van der Waals surface area (Å²) in [5.74, 6) is -2.03. The summed E-state index contributed by atoms with van der Waals surface area (Å²) in [7, 11) is 0. The minimum atomic E-state index is -1.54. The van der Waals surface area contributed by atoms with Crippen molar-refractivity contribution in [2.45, 2.75) is 56.7 Å². The molecule has 0 bridgehead atoms. The molecule has 5 atom stereocenters. The topological polar surface area (TPSA) is 137 Å². The summed E-state index contributed by atoms with van der Waals surface area (Å²) in [6.45, 7) is 1.61. The van der Waals surface area contributed by atoms with Crippen LogP contribution < -0.4 is 0 Å². The number of esters is 1. The van der Waals surface area contributed by atoms with E-state index in [-0.39, 0.29) is 30.3 Å². The Morgan fingerprint density at radius 2 is 1.85 bits per heavy atom. The predicted octanol–water partition coefficient (Wildman–Crippen LogP) is 1.11. The van der Waals surface area contributed by atoms with Crippen molar-refractivity contribution in [3.05, 3.63) is 35.4 Å². The number of aliphatic hydroxyl groups excluding tert-OH is 2. The molecule has 0 aromatic heterocycles. The lowest BCUT2D eigenvalue weighted by Crippen LogP contribution is -2.33. The second-order valence-corrected chi connectivity index (χ2v) is 6.87. The van der Waals surface area contributed by atoms with Crippen LogP contribution in [0.1, 0.15) is 48.2 Å². The molecule has 1 aromatic carbocycles. The number of carbonyl (C=O) groups excluding carboxylic acids is 2. The van der Waals surface area contributed by atoms with Gasteiger partial charge >= 0.3 is 5.97 Å². The van der Waals surface area contributed by atoms with Crippen molar-refractivity contribution in [1.82, 2.24) is 0 Å². The molecule has 0 amide bonds. The Hall–Kier alpha value is -2.42. The van der Waals surface area contributed by atoms with Crippen molar-refractivity contribution in [3.8, 4) is 11.5 Å². The largest absolute Gasteiger partial charge is 0.508 e. The molecule has 1 saturated heterocycles. The number of benzene rings is 1. The summed E-state index contributed by atoms with van der Waals surface area (Å²) >= 11 is 0. The molecule has 2 heterocycles. The highest BCUT2D eigenvalue weighted by molar-refractivity contribution is 5.95. The molecule has 0 radical (unpaired) electrons. The van der Waals surface area contributed by atoms with Gasteiger partial charge in [0.25, 0.3) is 0 Å². The highest BCUT2D eigenvalue weighted by Crippen LogP contribution is 2.46. The molecule has 1 aromatic rings. The van der Waals surface area contributed by atoms with Crippen LogP contribution in [0, 0.1) is 0 Å². The Morgan fingerprint density at radius 3 is 2.59 bits per heavy atom. The zero-order valence-corrected chi connectivity index (χ0v) is 14.7. The molecule has 8 heteroatoms. The number of hydrogen-bond donors (Lipinski definition) is 4. The lowest BCUT2D eigenvalue weighted by atomic mass is 9.97. The summed E-state index contributed by atoms with van der Waals surface area (Å²) in [5.41, 5.74) is 0.217. The number of ether oxygens (including phenoxy) is 2. The lowest BCUT2D eigenvalue weighted by molar-refractivity contribution is -0.128. The van der Waals surface area contributed by atoms with E-state index in [0.29, 0.717) is 12.0 Å². The van der Waals surface area contributed by atoms with Crippen molar-refractivity contribution >= 4 is 11.8 Å². The zero-order valence-electron chi connectivity index (χ0n) is 14.7. The highest BCUT2D eigenvalue weighted by Gasteiger charge is 2.44. The van der Waals surface area contributed by atoms with Crippen molar-refractivity contribution in [2.24, 2.45) is 0 Å². The number of aliphatic hydroxyl groups is 2. The molecule has 0 spiro atoms. The first-order chi connectivity index (χ1) is 12.8. The second kappa shape index (κ2) is 7.67. The number of cyclic esters (lactones) is 1. The summed E-state index contributed by atoms with van der Waals surface area (Å²) in [5, 5.41) is 39.8. The second-order valence-electron chi connectivity index (χ2n) is 6.87. The van der Waals surface area contributed by atoms with Crippen LogP contribution in [0.5, 0.6) is 11.5 Å². The molecule has 2 aliphatic heterocycles. The van der Waals surface area contributed by atoms with Crippen LogP contribution in [0.4, 0.5) is 0 Å². The van der Waals surface area contributed by atoms with E-state index in [1.807, 2.05) is 0 Å². The van der Waals surface area contributed by atoms with Gasteiger partial charge in [-0.05, 0) is 31.9 Å². The molecule has 3 rings (SSSR count). The summed E-state index contributed by atoms with van der Waals surface area (Å²) in [6.07, 6.45) is -1.10. The average molecular weight is 378 g/mol. The zero-order chi connectivity index (χ0) is 19.7. The minimum Gasteiger partial charge on any atom is -0.508 e. The Morgan fingerprint density at radius 1 is 1.11 bits per heavy atom. The monoisotopic (exact) mass is 378 g/mol. The van der Waals surface area contributed by atoms with Gasteiger partial charge in [-0.15, -0.1) is 0 Å². The first-order valence-corrected chi connectivity index (χ1v) is 8.76. The third-order valence-corrected chi connectivity index (χ3v) is 4.69. The number of ketones is 1. The molecule has 27 heavy (non-hydrogen) atoms. The fraction of sp³-hybridized carbons (Fsp3) is 0.474. The molecule has 0 saturated carbocycles. The fourth-order valence-electron chi connectivity index (χ4n) is 3.16. The van der Waals surface area contributed by atoms with E-state index in [2.05, 4.69) is 0 Å². The van der Waals surface area contributed by atoms with Gasteiger partial charge in [0.1, 0.15) is 35.4 Å². The Balaban J connectivity index is 1.92. The van der Waals surface area contributed by atoms with Crippen LogP contribution in [0.2, 0.25) is 0 Å². The highest BCUT2D eigenvalue weighted by atomic mass is 16.6. The van der Waals surface area contributed by atoms with E-state index >= 15 is 0 Å². The quantitative estimate of drug-likeness (QED) is 0.389. The van der Waals surface area contributed by atoms with E-state index < -0.39 is 41.9 Å². The molecule has 4 N–H and O–H groups in total. The van der Waals surface area contributed by atoms with Gasteiger partial charge in [0.15, 0.2) is 5.78 Å². The third-order valence-electron chi connectivity index (χ3n) is 4.69. The van der Waals surface area contributed by atoms with E-state index in [9.17, 15) is 30.0 Å². The first kappa shape index (κ1) is 19.3. The fourth-order valence-corrected chi connectivity index (χ4v) is 3.16. The molecule has 0 aliphatic carbocycles. The molecule has 1 fully saturated rings. The van der Waals surface area contributed by atoms with Crippen LogP contribution in [-0.4, -0.2) is 56.6 Å². The number of phenolic OH excluding ortho intramolecular Hbond substituents is 2. The van der Waals surface area contributed by atoms with Gasteiger partial charge in [-0.3, -0.25) is 4.79 Å². The van der Waals surface area contributed by atoms with Crippen molar-refractivity contribution < 1.29 is 39.5 Å². The number of carbonyl (C=O) groups is 2. The number of fused-ring (bicyclic) bond motifs is 3. The normalized spacial score (nSPS) is 33.1. The van der Waals surface area contributed by atoms with E-state index in [1.54, 1.807) is 6.92 Å². The van der Waals surface area contributed by atoms with E-state index in [1.165, 1.54) is 12.1 Å². The van der Waals surface area contributed by atoms with E-state index in [0.717, 1.165) is 12.1 Å². The van der Waals surface area contributed by atoms with Crippen molar-refractivity contribution in [2.75, 3.05) is 0 Å². The molecule has 2 unspecified atom stereocenters. The SMILES string of the molecule is C[C@@H]1C/C=C\C(=O)[C@@H](O)[C@@H](O)CCC2OC2c2cc(O)cc(O)c2C(=O)O1. The number of epoxide rings is 1. The Bertz CT molecular complexity index is 771. The Kier molecular flexibility index (Phi) is 5.50. The molecular weight excluding hydrogens is 356 g/mol. The van der Waals surface area contributed by atoms with Crippen LogP contribution >= 0.6 is 0 Å². The van der Waals surface area contributed by atoms with Crippen LogP contribution in [0.3, 0.4) is 0 Å². The predicted molar refractivity (Wildman–Crippen MR) is 92.3 cm³/mol. The third kappa shape index (κ3) is 4.29. The molecule has 146 valence electrons. The maximum atomic E-state index is 12.5. The molecule has 2 aliphatic rings. The number of hydrogen-bond acceptors (Lipinski definition) is 8. The maximum absolute atomic E-state index is 12.5. The van der Waals surface area contributed by atoms with Gasteiger partial charge in [-0.2, -0.15) is 0 Å². The van der Waals surface area contributed by atoms with Gasteiger partial charge in [0.2, 0.25) is 0 Å². The van der Waals surface area contributed by atoms with Gasteiger partial charge in [0.05, 0.1) is 12.2 Å². The molecular formula is C19H22O8. The smallest absolute Gasteiger partial charge is 0.342 e. The summed E-state index contributed by atoms with van der Waals surface area (Å²) in [6, 6.07) is 2.38. The van der Waals surface area contributed by atoms with Crippen LogP contribution in [0.15, 0.2) is 24.3 Å². The summed E-state index contributed by atoms with van der Waals surface area (Å²) in [4.78, 5) is 24.4. The minimum absolute atomic E-state index is 0.0809. The van der Waals surface area contributed by atoms with Crippen molar-refractivity contribution in [1.29, 1.82) is 0 Å². The van der Waals surface area contributed by atoms with E-state index in [4.69, 9.17) is 9.47 Å². The Labute approximate surface area is 155 Å². The first-order valence-electron chi connectivity index (χ1n) is 8.76. The van der Waals surface area contributed by atoms with Gasteiger partial charge in [-0.25, -0.2) is 4.79 Å².